The molecule has 1 fully saturated rings. The fraction of sp³-hybridized carbons (Fsp3) is 0.458. The highest BCUT2D eigenvalue weighted by Gasteiger charge is 2.34. The molecule has 2 N–H and O–H groups in total. The zero-order valence-electron chi connectivity index (χ0n) is 20.2. The molecule has 1 amide bonds. The van der Waals surface area contributed by atoms with Gasteiger partial charge in [0.15, 0.2) is 5.15 Å². The summed E-state index contributed by atoms with van der Waals surface area (Å²) in [6.45, 7) is 8.57. The van der Waals surface area contributed by atoms with Crippen LogP contribution < -0.4 is 10.5 Å². The number of nitrogen functional groups attached to an aromatic ring is 1. The highest BCUT2D eigenvalue weighted by molar-refractivity contribution is 6.33. The van der Waals surface area contributed by atoms with Crippen molar-refractivity contribution in [3.05, 3.63) is 46.7 Å². The number of halogens is 1. The number of aromatic nitrogens is 3. The van der Waals surface area contributed by atoms with Crippen LogP contribution in [-0.4, -0.2) is 69.3 Å². The van der Waals surface area contributed by atoms with Gasteiger partial charge in [-0.15, -0.1) is 0 Å². The van der Waals surface area contributed by atoms with E-state index in [1.807, 2.05) is 37.6 Å². The van der Waals surface area contributed by atoms with Crippen LogP contribution in [0.25, 0.3) is 11.0 Å². The predicted molar refractivity (Wildman–Crippen MR) is 132 cm³/mol. The van der Waals surface area contributed by atoms with Crippen LogP contribution in [0.2, 0.25) is 5.15 Å². The van der Waals surface area contributed by atoms with Crippen molar-refractivity contribution in [1.82, 2.24) is 24.3 Å². The maximum absolute atomic E-state index is 12.3. The van der Waals surface area contributed by atoms with Crippen molar-refractivity contribution >= 4 is 34.7 Å². The fourth-order valence-electron chi connectivity index (χ4n) is 4.07. The van der Waals surface area contributed by atoms with Gasteiger partial charge in [-0.2, -0.15) is 4.98 Å². The lowest BCUT2D eigenvalue weighted by atomic mass is 10.0. The van der Waals surface area contributed by atoms with Crippen molar-refractivity contribution in [3.8, 4) is 5.75 Å². The van der Waals surface area contributed by atoms with Gasteiger partial charge in [0.05, 0.1) is 25.2 Å². The first-order chi connectivity index (χ1) is 16.0. The maximum Gasteiger partial charge on any atom is 0.410 e. The van der Waals surface area contributed by atoms with Gasteiger partial charge in [-0.05, 0) is 38.5 Å². The number of carbonyl (C=O) groups excluding carboxylic acids is 1. The second-order valence-corrected chi connectivity index (χ2v) is 9.99. The lowest BCUT2D eigenvalue weighted by Gasteiger charge is -2.44. The van der Waals surface area contributed by atoms with Crippen LogP contribution in [0.4, 0.5) is 10.7 Å². The smallest absolute Gasteiger partial charge is 0.410 e. The van der Waals surface area contributed by atoms with Crippen molar-refractivity contribution in [2.24, 2.45) is 0 Å². The number of nitrogens with zero attached hydrogens (tertiary/aromatic N) is 5. The van der Waals surface area contributed by atoms with Crippen LogP contribution in [0.15, 0.2) is 30.5 Å². The van der Waals surface area contributed by atoms with E-state index in [1.54, 1.807) is 19.1 Å². The number of rotatable bonds is 6. The van der Waals surface area contributed by atoms with Crippen LogP contribution >= 0.6 is 11.6 Å². The van der Waals surface area contributed by atoms with E-state index in [4.69, 9.17) is 26.8 Å². The molecule has 1 aromatic carbocycles. The summed E-state index contributed by atoms with van der Waals surface area (Å²) in [6.07, 6.45) is 1.63. The minimum Gasteiger partial charge on any atom is -0.496 e. The van der Waals surface area contributed by atoms with Gasteiger partial charge in [-0.25, -0.2) is 9.78 Å². The average Bonchev–Trinajstić information content (AvgIpc) is 3.12. The van der Waals surface area contributed by atoms with Gasteiger partial charge in [-0.3, -0.25) is 4.90 Å². The zero-order valence-corrected chi connectivity index (χ0v) is 21.0. The van der Waals surface area contributed by atoms with E-state index in [0.29, 0.717) is 17.2 Å². The van der Waals surface area contributed by atoms with Crippen LogP contribution in [0.5, 0.6) is 5.75 Å². The highest BCUT2D eigenvalue weighted by Crippen LogP contribution is 2.28. The molecule has 3 aromatic rings. The SMILES string of the molecule is COc1cc(CN2CC(N(C)C(=O)OC(C)(C)C)C2)ccc1Cn1ccc2nc(N)nc(Cl)c21. The predicted octanol–water partition coefficient (Wildman–Crippen LogP) is 3.77. The van der Waals surface area contributed by atoms with Crippen LogP contribution in [0.3, 0.4) is 0 Å². The second-order valence-electron chi connectivity index (χ2n) is 9.64. The maximum atomic E-state index is 12.3. The number of fused-ring (bicyclic) bond motifs is 1. The van der Waals surface area contributed by atoms with Gasteiger partial charge in [0.2, 0.25) is 5.95 Å². The van der Waals surface area contributed by atoms with Gasteiger partial charge in [0.25, 0.3) is 0 Å². The fourth-order valence-corrected chi connectivity index (χ4v) is 4.36. The van der Waals surface area contributed by atoms with E-state index in [9.17, 15) is 4.79 Å². The average molecular weight is 487 g/mol. The Balaban J connectivity index is 1.40. The molecule has 10 heteroatoms. The first kappa shape index (κ1) is 24.1. The summed E-state index contributed by atoms with van der Waals surface area (Å²) < 4.78 is 13.1. The molecule has 0 bridgehead atoms. The third-order valence-corrected chi connectivity index (χ3v) is 6.11. The molecule has 0 atom stereocenters. The number of ether oxygens (including phenoxy) is 2. The summed E-state index contributed by atoms with van der Waals surface area (Å²) in [5.74, 6) is 0.956. The van der Waals surface area contributed by atoms with E-state index in [1.165, 1.54) is 0 Å². The van der Waals surface area contributed by atoms with E-state index >= 15 is 0 Å². The molecule has 0 spiro atoms. The standard InChI is InChI=1S/C24H31ClN6O3/c1-24(2,3)34-23(32)29(4)17-13-30(14-17)11-15-6-7-16(19(10-15)33-5)12-31-9-8-18-20(31)21(25)28-22(26)27-18/h6-10,17H,11-14H2,1-5H3,(H2,26,27,28). The number of methoxy groups -OCH3 is 1. The number of likely N-dealkylation sites (tertiary alicyclic amines) is 1. The van der Waals surface area contributed by atoms with Gasteiger partial charge >= 0.3 is 6.09 Å². The van der Waals surface area contributed by atoms with Crippen LogP contribution in [0, 0.1) is 0 Å². The minimum atomic E-state index is -0.494. The number of amides is 1. The van der Waals surface area contributed by atoms with Crippen molar-refractivity contribution in [2.75, 3.05) is 33.0 Å². The Kier molecular flexibility index (Phi) is 6.60. The molecule has 4 rings (SSSR count). The number of hydrogen-bond donors (Lipinski definition) is 1. The lowest BCUT2D eigenvalue weighted by Crippen LogP contribution is -2.59. The topological polar surface area (TPSA) is 98.7 Å². The highest BCUT2D eigenvalue weighted by atomic mass is 35.5. The summed E-state index contributed by atoms with van der Waals surface area (Å²) in [4.78, 5) is 24.6. The first-order valence-corrected chi connectivity index (χ1v) is 11.5. The normalized spacial score (nSPS) is 14.8. The van der Waals surface area contributed by atoms with Crippen molar-refractivity contribution in [2.45, 2.75) is 45.5 Å². The van der Waals surface area contributed by atoms with Gasteiger partial charge in [0.1, 0.15) is 16.9 Å². The third kappa shape index (κ3) is 5.20. The van der Waals surface area contributed by atoms with Crippen molar-refractivity contribution in [3.63, 3.8) is 0 Å². The molecule has 3 heterocycles. The Morgan fingerprint density at radius 1 is 1.24 bits per heavy atom. The Morgan fingerprint density at radius 2 is 1.97 bits per heavy atom. The molecule has 0 unspecified atom stereocenters. The van der Waals surface area contributed by atoms with E-state index in [2.05, 4.69) is 33.1 Å². The van der Waals surface area contributed by atoms with E-state index in [-0.39, 0.29) is 18.1 Å². The number of hydrogen-bond acceptors (Lipinski definition) is 7. The van der Waals surface area contributed by atoms with Gasteiger partial charge in [0, 0.05) is 38.4 Å². The summed E-state index contributed by atoms with van der Waals surface area (Å²) in [7, 11) is 3.47. The Labute approximate surface area is 204 Å². The third-order valence-electron chi connectivity index (χ3n) is 5.85. The largest absolute Gasteiger partial charge is 0.496 e. The lowest BCUT2D eigenvalue weighted by molar-refractivity contribution is -0.00574. The first-order valence-electron chi connectivity index (χ1n) is 11.2. The summed E-state index contributed by atoms with van der Waals surface area (Å²) in [5.41, 5.74) is 8.81. The molecule has 1 saturated heterocycles. The monoisotopic (exact) mass is 486 g/mol. The summed E-state index contributed by atoms with van der Waals surface area (Å²) in [6, 6.07) is 8.25. The molecular weight excluding hydrogens is 456 g/mol. The molecule has 34 heavy (non-hydrogen) atoms. The van der Waals surface area contributed by atoms with E-state index in [0.717, 1.165) is 42.0 Å². The minimum absolute atomic E-state index is 0.152. The Bertz CT molecular complexity index is 1200. The quantitative estimate of drug-likeness (QED) is 0.529. The summed E-state index contributed by atoms with van der Waals surface area (Å²) in [5, 5.41) is 0.326. The molecule has 0 saturated carbocycles. The number of nitrogens with two attached hydrogens (primary N) is 1. The van der Waals surface area contributed by atoms with Crippen molar-refractivity contribution < 1.29 is 14.3 Å². The molecule has 2 aromatic heterocycles. The number of carbonyl (C=O) groups is 1. The molecule has 1 aliphatic heterocycles. The second kappa shape index (κ2) is 9.31. The molecule has 0 radical (unpaired) electrons. The molecule has 0 aliphatic carbocycles. The Hall–Kier alpha value is -3.04. The van der Waals surface area contributed by atoms with Crippen molar-refractivity contribution in [1.29, 1.82) is 0 Å². The van der Waals surface area contributed by atoms with E-state index < -0.39 is 5.60 Å². The zero-order chi connectivity index (χ0) is 24.6. The van der Waals surface area contributed by atoms with Crippen LogP contribution in [0.1, 0.15) is 31.9 Å². The van der Waals surface area contributed by atoms with Crippen LogP contribution in [-0.2, 0) is 17.8 Å². The Morgan fingerprint density at radius 3 is 2.65 bits per heavy atom. The van der Waals surface area contributed by atoms with Gasteiger partial charge < -0.3 is 24.7 Å². The number of likely N-dealkylation sites (N-methyl/N-ethyl adjacent to an activating group) is 1. The molecule has 182 valence electrons. The molecule has 1 aliphatic rings. The molecule has 9 nitrogen and oxygen atoms in total. The number of benzene rings is 1. The van der Waals surface area contributed by atoms with Gasteiger partial charge in [-0.1, -0.05) is 23.7 Å². The molecular formula is C24H31ClN6O3. The number of anilines is 1. The summed E-state index contributed by atoms with van der Waals surface area (Å²) >= 11 is 6.32.